The summed E-state index contributed by atoms with van der Waals surface area (Å²) in [5.41, 5.74) is 9.85. The molecule has 0 N–H and O–H groups in total. The van der Waals surface area contributed by atoms with Crippen molar-refractivity contribution in [1.29, 1.82) is 0 Å². The van der Waals surface area contributed by atoms with Gasteiger partial charge < -0.3 is 8.98 Å². The summed E-state index contributed by atoms with van der Waals surface area (Å²) in [6.07, 6.45) is 0. The van der Waals surface area contributed by atoms with Crippen molar-refractivity contribution in [2.75, 3.05) is 0 Å². The van der Waals surface area contributed by atoms with Crippen molar-refractivity contribution in [1.82, 2.24) is 9.13 Å². The van der Waals surface area contributed by atoms with E-state index in [1.807, 2.05) is 18.2 Å². The molecule has 0 bridgehead atoms. The maximum Gasteiger partial charge on any atom is 0.197 e. The Morgan fingerprint density at radius 3 is 1.76 bits per heavy atom. The lowest BCUT2D eigenvalue weighted by atomic mass is 10.0. The molecule has 0 atom stereocenters. The first-order valence-electron chi connectivity index (χ1n) is 14.9. The number of benzene rings is 6. The van der Waals surface area contributed by atoms with E-state index in [2.05, 4.69) is 130 Å². The third-order valence-corrected chi connectivity index (χ3v) is 10.3. The van der Waals surface area contributed by atoms with Gasteiger partial charge in [-0.3, -0.25) is 4.57 Å². The van der Waals surface area contributed by atoms with E-state index >= 15 is 0 Å². The van der Waals surface area contributed by atoms with E-state index in [0.29, 0.717) is 0 Å². The third-order valence-electron chi connectivity index (χ3n) is 8.92. The highest BCUT2D eigenvalue weighted by Gasteiger charge is 2.26. The summed E-state index contributed by atoms with van der Waals surface area (Å²) in [7, 11) is 0. The summed E-state index contributed by atoms with van der Waals surface area (Å²) < 4.78 is 21.0. The monoisotopic (exact) mass is 690 g/mol. The summed E-state index contributed by atoms with van der Waals surface area (Å²) in [5.74, 6) is 1.58. The molecule has 0 fully saturated rings. The average Bonchev–Trinajstić information content (AvgIpc) is 3.76. The zero-order valence-corrected chi connectivity index (χ0v) is 26.0. The van der Waals surface area contributed by atoms with Crippen LogP contribution in [0.2, 0.25) is 0 Å². The van der Waals surface area contributed by atoms with Gasteiger partial charge in [-0.25, -0.2) is 0 Å². The van der Waals surface area contributed by atoms with E-state index in [-0.39, 0.29) is 0 Å². The molecule has 0 spiro atoms. The van der Waals surface area contributed by atoms with E-state index < -0.39 is 21.3 Å². The second kappa shape index (κ2) is 9.58. The molecule has 0 saturated heterocycles. The average molecular weight is 691 g/mol. The number of furan rings is 1. The maximum absolute atomic E-state index is 6.44. The Kier molecular flexibility index (Phi) is 5.33. The summed E-state index contributed by atoms with van der Waals surface area (Å²) in [6.45, 7) is 0. The number of nitrogens with zero attached hydrogens (tertiary/aromatic N) is 4. The van der Waals surface area contributed by atoms with Gasteiger partial charge in [0.2, 0.25) is 0 Å². The van der Waals surface area contributed by atoms with Gasteiger partial charge in [0.15, 0.2) is 11.6 Å². The molecule has 6 aromatic carbocycles. The summed E-state index contributed by atoms with van der Waals surface area (Å²) >= 11 is -0.763. The minimum Gasteiger partial charge on any atom is -0.450 e. The fraction of sp³-hybridized carbons (Fsp3) is 0. The molecule has 0 amide bonds. The highest BCUT2D eigenvalue weighted by atomic mass is 127. The van der Waals surface area contributed by atoms with E-state index in [9.17, 15) is 0 Å². The highest BCUT2D eigenvalue weighted by Crippen LogP contribution is 2.42. The predicted octanol–water partition coefficient (Wildman–Crippen LogP) is 11.3. The molecule has 4 heterocycles. The van der Waals surface area contributed by atoms with Gasteiger partial charge >= 0.3 is 0 Å². The Morgan fingerprint density at radius 2 is 1.04 bits per heavy atom. The van der Waals surface area contributed by atoms with Gasteiger partial charge in [-0.1, -0.05) is 91.0 Å². The lowest BCUT2D eigenvalue weighted by molar-refractivity contribution is 0.603. The molecule has 0 saturated carbocycles. The Balaban J connectivity index is 1.22. The number of para-hydroxylation sites is 4. The molecule has 9 aromatic rings. The van der Waals surface area contributed by atoms with Crippen molar-refractivity contribution in [2.45, 2.75) is 0 Å². The van der Waals surface area contributed by atoms with Gasteiger partial charge in [0.1, 0.15) is 32.6 Å². The maximum atomic E-state index is 6.44. The number of fused-ring (bicyclic) bond motifs is 9. The van der Waals surface area contributed by atoms with Gasteiger partial charge in [0, 0.05) is 32.6 Å². The highest BCUT2D eigenvalue weighted by molar-refractivity contribution is 14.1. The van der Waals surface area contributed by atoms with Crippen LogP contribution in [0.4, 0.5) is 5.69 Å². The minimum absolute atomic E-state index is 0.740. The first kappa shape index (κ1) is 25.0. The van der Waals surface area contributed by atoms with E-state index in [0.717, 1.165) is 50.5 Å². The van der Waals surface area contributed by atoms with Crippen molar-refractivity contribution in [3.05, 3.63) is 145 Å². The first-order chi connectivity index (χ1) is 22.3. The van der Waals surface area contributed by atoms with Gasteiger partial charge in [-0.15, -0.1) is 0 Å². The van der Waals surface area contributed by atoms with Gasteiger partial charge in [0.05, 0.1) is 22.1 Å². The minimum atomic E-state index is -0.763. The summed E-state index contributed by atoms with van der Waals surface area (Å²) in [4.78, 5) is 0. The molecule has 212 valence electrons. The van der Waals surface area contributed by atoms with Crippen molar-refractivity contribution < 1.29 is 4.42 Å². The molecule has 1 aliphatic heterocycles. The van der Waals surface area contributed by atoms with E-state index in [1.54, 1.807) is 0 Å². The summed E-state index contributed by atoms with van der Waals surface area (Å²) in [6, 6.07) is 49.6. The fourth-order valence-corrected chi connectivity index (χ4v) is 8.36. The predicted molar refractivity (Wildman–Crippen MR) is 193 cm³/mol. The van der Waals surface area contributed by atoms with Crippen LogP contribution in [0.5, 0.6) is 0 Å². The molecule has 0 radical (unpaired) electrons. The molecular weight excluding hydrogens is 667 g/mol. The van der Waals surface area contributed by atoms with Crippen LogP contribution in [0.3, 0.4) is 0 Å². The van der Waals surface area contributed by atoms with Crippen LogP contribution in [0.1, 0.15) is 5.76 Å². The number of halogens is 1. The van der Waals surface area contributed by atoms with Gasteiger partial charge in [-0.05, 0) is 59.7 Å². The molecule has 5 nitrogen and oxygen atoms in total. The fourth-order valence-electron chi connectivity index (χ4n) is 6.92. The number of rotatable bonds is 2. The van der Waals surface area contributed by atoms with Crippen LogP contribution in [0.25, 0.3) is 71.4 Å². The van der Waals surface area contributed by atoms with Crippen molar-refractivity contribution in [3.63, 3.8) is 0 Å². The third kappa shape index (κ3) is 3.63. The number of hydrogen-bond acceptors (Lipinski definition) is 3. The Bertz CT molecular complexity index is 2710. The quantitative estimate of drug-likeness (QED) is 0.167. The molecule has 0 unspecified atom stereocenters. The van der Waals surface area contributed by atoms with E-state index in [1.165, 1.54) is 38.1 Å². The van der Waals surface area contributed by atoms with E-state index in [4.69, 9.17) is 10.8 Å². The Labute approximate surface area is 268 Å². The zero-order valence-electron chi connectivity index (χ0n) is 23.9. The van der Waals surface area contributed by atoms with Crippen LogP contribution >= 0.6 is 21.3 Å². The topological polar surface area (TPSA) is 47.7 Å². The van der Waals surface area contributed by atoms with Crippen molar-refractivity contribution >= 4 is 87.4 Å². The van der Waals surface area contributed by atoms with Crippen LogP contribution in [0.15, 0.2) is 150 Å². The van der Waals surface area contributed by atoms with Crippen LogP contribution < -0.4 is 0 Å². The molecule has 3 aromatic heterocycles. The van der Waals surface area contributed by atoms with Gasteiger partial charge in [-0.2, -0.15) is 6.35 Å². The Hall–Kier alpha value is -5.34. The van der Waals surface area contributed by atoms with Crippen LogP contribution in [0, 0.1) is 0 Å². The molecule has 45 heavy (non-hydrogen) atoms. The normalized spacial score (nSPS) is 13.1. The molecule has 0 aliphatic carbocycles. The molecular formula is C39H23IN4O. The second-order valence-electron chi connectivity index (χ2n) is 11.3. The molecule has 6 heteroatoms. The van der Waals surface area contributed by atoms with Crippen LogP contribution in [-0.2, 0) is 0 Å². The van der Waals surface area contributed by atoms with Crippen molar-refractivity contribution in [2.24, 2.45) is 6.35 Å². The zero-order chi connectivity index (χ0) is 29.5. The van der Waals surface area contributed by atoms with Gasteiger partial charge in [0.25, 0.3) is 0 Å². The van der Waals surface area contributed by atoms with Crippen LogP contribution in [-0.4, -0.2) is 15.0 Å². The largest absolute Gasteiger partial charge is 0.450 e. The first-order valence-corrected chi connectivity index (χ1v) is 16.8. The number of aromatic nitrogens is 2. The molecule has 10 rings (SSSR count). The lowest BCUT2D eigenvalue weighted by Crippen LogP contribution is -2.12. The second-order valence-corrected chi connectivity index (χ2v) is 12.7. The van der Waals surface area contributed by atoms with Crippen molar-refractivity contribution in [3.8, 4) is 16.8 Å². The summed E-state index contributed by atoms with van der Waals surface area (Å²) in [5, 5.41) is 5.93. The lowest BCUT2D eigenvalue weighted by Gasteiger charge is -2.12. The smallest absolute Gasteiger partial charge is 0.197 e. The standard InChI is InChI=1S/C39H23IN4O/c1-2-10-26(11-3-1)43-32-15-7-4-12-27(32)29-20-18-24(22-34(29)43)25-19-21-30-28-13-5-8-16-33(28)44(35(30)23-25)39-38-37(41-40-42-39)31-14-6-9-17-36(31)45-38/h1-23H. The number of hydrogen-bond donors (Lipinski definition) is 0. The molecule has 1 aliphatic rings. The Morgan fingerprint density at radius 1 is 0.489 bits per heavy atom. The SMILES string of the molecule is c1ccc(-n2c3ccccc3c3ccc(-c4ccc5c6ccccc6n(C6=NI=Nc7c6oc6ccccc76)c5c4)cc32)cc1.